The third-order valence-corrected chi connectivity index (χ3v) is 8.72. The Kier molecular flexibility index (Phi) is 5.13. The van der Waals surface area contributed by atoms with Gasteiger partial charge in [-0.15, -0.1) is 0 Å². The van der Waals surface area contributed by atoms with Gasteiger partial charge in [-0.05, 0) is 53.4 Å². The molecule has 35 heavy (non-hydrogen) atoms. The van der Waals surface area contributed by atoms with Gasteiger partial charge in [0.1, 0.15) is 6.61 Å². The molecule has 2 aromatic carbocycles. The molecule has 0 radical (unpaired) electrons. The lowest BCUT2D eigenvalue weighted by molar-refractivity contribution is -0.142. The van der Waals surface area contributed by atoms with Gasteiger partial charge in [-0.25, -0.2) is 4.79 Å². The third kappa shape index (κ3) is 3.60. The Labute approximate surface area is 204 Å². The van der Waals surface area contributed by atoms with Gasteiger partial charge in [0.25, 0.3) is 0 Å². The maximum Gasteiger partial charge on any atom is 0.407 e. The molecule has 0 aromatic heterocycles. The number of alkyl carbamates (subject to hydrolysis) is 1. The molecule has 2 N–H and O–H groups in total. The Morgan fingerprint density at radius 2 is 1.69 bits per heavy atom. The minimum atomic E-state index is -0.834. The van der Waals surface area contributed by atoms with Crippen LogP contribution in [0.25, 0.3) is 11.1 Å². The Balaban J connectivity index is 1.06. The fraction of sp³-hybridized carbons (Fsp3) is 0.464. The summed E-state index contributed by atoms with van der Waals surface area (Å²) in [4.78, 5) is 39.2. The SMILES string of the molecule is CC1CN(C(=O)[C@]23C[C@H](NC(=O)OCC4c5ccccc5-c5ccccc54)C[C@H]2C3)CC1C(=O)O. The van der Waals surface area contributed by atoms with Crippen molar-refractivity contribution in [2.45, 2.75) is 38.1 Å². The van der Waals surface area contributed by atoms with Crippen LogP contribution in [0.1, 0.15) is 43.2 Å². The summed E-state index contributed by atoms with van der Waals surface area (Å²) in [5.74, 6) is -1.04. The largest absolute Gasteiger partial charge is 0.481 e. The Bertz CT molecular complexity index is 1170. The van der Waals surface area contributed by atoms with Gasteiger partial charge in [0.2, 0.25) is 5.91 Å². The Hall–Kier alpha value is -3.35. The number of carbonyl (C=O) groups excluding carboxylic acids is 2. The summed E-state index contributed by atoms with van der Waals surface area (Å²) in [5.41, 5.74) is 4.29. The first-order chi connectivity index (χ1) is 16.9. The van der Waals surface area contributed by atoms with E-state index in [1.165, 1.54) is 22.3 Å². The first-order valence-electron chi connectivity index (χ1n) is 12.5. The number of likely N-dealkylation sites (tertiary alicyclic amines) is 1. The number of hydrogen-bond donors (Lipinski definition) is 2. The van der Waals surface area contributed by atoms with Crippen LogP contribution in [0.5, 0.6) is 0 Å². The molecule has 2 aromatic rings. The molecule has 1 heterocycles. The molecule has 5 atom stereocenters. The Morgan fingerprint density at radius 1 is 1.03 bits per heavy atom. The fourth-order valence-corrected chi connectivity index (χ4v) is 6.84. The number of aliphatic carboxylic acids is 1. The number of fused-ring (bicyclic) bond motifs is 4. The van der Waals surface area contributed by atoms with Crippen molar-refractivity contribution >= 4 is 18.0 Å². The lowest BCUT2D eigenvalue weighted by Gasteiger charge is -2.23. The average molecular weight is 475 g/mol. The quantitative estimate of drug-likeness (QED) is 0.686. The molecule has 0 bridgehead atoms. The molecule has 3 fully saturated rings. The van der Waals surface area contributed by atoms with E-state index in [-0.39, 0.29) is 42.9 Å². The zero-order valence-electron chi connectivity index (χ0n) is 19.8. The van der Waals surface area contributed by atoms with E-state index in [1.807, 2.05) is 31.2 Å². The van der Waals surface area contributed by atoms with Gasteiger partial charge >= 0.3 is 12.1 Å². The van der Waals surface area contributed by atoms with Crippen LogP contribution >= 0.6 is 0 Å². The first-order valence-corrected chi connectivity index (χ1v) is 12.5. The molecule has 7 heteroatoms. The van der Waals surface area contributed by atoms with Crippen molar-refractivity contribution in [1.29, 1.82) is 0 Å². The minimum absolute atomic E-state index is 0.0115. The normalized spacial score (nSPS) is 30.4. The predicted octanol–water partition coefficient (Wildman–Crippen LogP) is 3.87. The van der Waals surface area contributed by atoms with Crippen LogP contribution in [-0.4, -0.2) is 53.7 Å². The van der Waals surface area contributed by atoms with E-state index in [1.54, 1.807) is 4.90 Å². The van der Waals surface area contributed by atoms with Crippen LogP contribution in [0.2, 0.25) is 0 Å². The number of rotatable bonds is 5. The average Bonchev–Trinajstić information content (AvgIpc) is 3.12. The summed E-state index contributed by atoms with van der Waals surface area (Å²) in [6.07, 6.45) is 1.75. The minimum Gasteiger partial charge on any atom is -0.481 e. The lowest BCUT2D eigenvalue weighted by atomic mass is 9.98. The van der Waals surface area contributed by atoms with Gasteiger partial charge in [0.05, 0.1) is 11.3 Å². The summed E-state index contributed by atoms with van der Waals surface area (Å²) in [7, 11) is 0. The van der Waals surface area contributed by atoms with Crippen molar-refractivity contribution in [3.63, 3.8) is 0 Å². The van der Waals surface area contributed by atoms with E-state index >= 15 is 0 Å². The van der Waals surface area contributed by atoms with Crippen molar-refractivity contribution in [1.82, 2.24) is 10.2 Å². The molecule has 182 valence electrons. The number of hydrogen-bond acceptors (Lipinski definition) is 4. The number of nitrogens with zero attached hydrogens (tertiary/aromatic N) is 1. The highest BCUT2D eigenvalue weighted by Crippen LogP contribution is 2.64. The zero-order valence-corrected chi connectivity index (χ0v) is 19.8. The summed E-state index contributed by atoms with van der Waals surface area (Å²) < 4.78 is 5.69. The maximum atomic E-state index is 13.3. The molecule has 2 amide bonds. The molecule has 6 rings (SSSR count). The van der Waals surface area contributed by atoms with Crippen molar-refractivity contribution in [2.75, 3.05) is 19.7 Å². The van der Waals surface area contributed by atoms with Crippen molar-refractivity contribution in [2.24, 2.45) is 23.2 Å². The zero-order chi connectivity index (χ0) is 24.3. The second-order valence-corrected chi connectivity index (χ2v) is 10.8. The molecule has 2 saturated carbocycles. The third-order valence-electron chi connectivity index (χ3n) is 8.72. The number of carboxylic acids is 1. The van der Waals surface area contributed by atoms with E-state index in [9.17, 15) is 19.5 Å². The van der Waals surface area contributed by atoms with Crippen LogP contribution < -0.4 is 5.32 Å². The molecule has 4 aliphatic rings. The summed E-state index contributed by atoms with van der Waals surface area (Å²) in [6, 6.07) is 16.4. The molecular formula is C28H30N2O5. The summed E-state index contributed by atoms with van der Waals surface area (Å²) >= 11 is 0. The molecule has 1 saturated heterocycles. The Morgan fingerprint density at radius 3 is 2.31 bits per heavy atom. The van der Waals surface area contributed by atoms with Gasteiger partial charge in [0, 0.05) is 25.0 Å². The van der Waals surface area contributed by atoms with Crippen molar-refractivity contribution in [3.8, 4) is 11.1 Å². The second kappa shape index (κ2) is 8.11. The van der Waals surface area contributed by atoms with Crippen molar-refractivity contribution < 1.29 is 24.2 Å². The van der Waals surface area contributed by atoms with Gasteiger partial charge < -0.3 is 20.1 Å². The molecule has 0 spiro atoms. The van der Waals surface area contributed by atoms with Gasteiger partial charge in [0.15, 0.2) is 0 Å². The summed E-state index contributed by atoms with van der Waals surface area (Å²) in [6.45, 7) is 2.94. The van der Waals surface area contributed by atoms with E-state index < -0.39 is 23.4 Å². The number of ether oxygens (including phenoxy) is 1. The molecule has 3 aliphatic carbocycles. The topological polar surface area (TPSA) is 95.9 Å². The van der Waals surface area contributed by atoms with E-state index in [4.69, 9.17) is 4.74 Å². The molecular weight excluding hydrogens is 444 g/mol. The monoisotopic (exact) mass is 474 g/mol. The van der Waals surface area contributed by atoms with Crippen LogP contribution in [0.4, 0.5) is 4.79 Å². The van der Waals surface area contributed by atoms with Crippen LogP contribution in [0, 0.1) is 23.2 Å². The van der Waals surface area contributed by atoms with Crippen LogP contribution in [-0.2, 0) is 14.3 Å². The number of amides is 2. The predicted molar refractivity (Wildman–Crippen MR) is 129 cm³/mol. The van der Waals surface area contributed by atoms with Crippen LogP contribution in [0.3, 0.4) is 0 Å². The smallest absolute Gasteiger partial charge is 0.407 e. The molecule has 7 nitrogen and oxygen atoms in total. The molecule has 1 aliphatic heterocycles. The van der Waals surface area contributed by atoms with E-state index in [0.29, 0.717) is 13.0 Å². The summed E-state index contributed by atoms with van der Waals surface area (Å²) in [5, 5.41) is 12.4. The highest BCUT2D eigenvalue weighted by Gasteiger charge is 2.66. The number of carbonyl (C=O) groups is 3. The van der Waals surface area contributed by atoms with Gasteiger partial charge in [-0.3, -0.25) is 9.59 Å². The number of carboxylic acid groups (broad SMARTS) is 1. The molecule has 2 unspecified atom stereocenters. The highest BCUT2D eigenvalue weighted by atomic mass is 16.5. The lowest BCUT2D eigenvalue weighted by Crippen LogP contribution is -2.39. The highest BCUT2D eigenvalue weighted by molar-refractivity contribution is 5.88. The number of benzene rings is 2. The second-order valence-electron chi connectivity index (χ2n) is 10.8. The fourth-order valence-electron chi connectivity index (χ4n) is 6.84. The van der Waals surface area contributed by atoms with Crippen molar-refractivity contribution in [3.05, 3.63) is 59.7 Å². The van der Waals surface area contributed by atoms with Crippen LogP contribution in [0.15, 0.2) is 48.5 Å². The standard InChI is InChI=1S/C28H30N2O5/c1-16-13-30(14-23(16)25(31)32)26(33)28-11-17(28)10-18(12-28)29-27(34)35-15-24-21-8-4-2-6-19(21)20-7-3-5-9-22(20)24/h2-9,16-18,23-24H,10-15H2,1H3,(H,29,34)(H,31,32)/t16?,17-,18+,23?,28+/m0/s1. The van der Waals surface area contributed by atoms with Gasteiger partial charge in [-0.2, -0.15) is 0 Å². The first kappa shape index (κ1) is 22.1. The van der Waals surface area contributed by atoms with E-state index in [0.717, 1.165) is 12.8 Å². The van der Waals surface area contributed by atoms with E-state index in [2.05, 4.69) is 29.6 Å². The maximum absolute atomic E-state index is 13.3. The number of nitrogens with one attached hydrogen (secondary N) is 1. The van der Waals surface area contributed by atoms with Gasteiger partial charge in [-0.1, -0.05) is 55.5 Å².